The van der Waals surface area contributed by atoms with Gasteiger partial charge in [-0.25, -0.2) is 0 Å². The minimum Gasteiger partial charge on any atom is -0.497 e. The van der Waals surface area contributed by atoms with E-state index in [1.54, 1.807) is 38.4 Å². The first-order chi connectivity index (χ1) is 12.1. The van der Waals surface area contributed by atoms with E-state index in [9.17, 15) is 4.79 Å². The molecule has 0 spiro atoms. The van der Waals surface area contributed by atoms with Crippen LogP contribution in [0.1, 0.15) is 5.56 Å². The van der Waals surface area contributed by atoms with E-state index in [1.807, 2.05) is 30.3 Å². The van der Waals surface area contributed by atoms with E-state index in [4.69, 9.17) is 19.5 Å². The molecule has 0 aliphatic carbocycles. The Bertz CT molecular complexity index is 738. The zero-order chi connectivity index (χ0) is 18.1. The van der Waals surface area contributed by atoms with Crippen LogP contribution in [0.2, 0.25) is 0 Å². The number of rotatable bonds is 8. The summed E-state index contributed by atoms with van der Waals surface area (Å²) in [7, 11) is 3.28. The first-order valence-electron chi connectivity index (χ1n) is 7.77. The molecule has 0 heterocycles. The van der Waals surface area contributed by atoms with Gasteiger partial charge in [0, 0.05) is 7.05 Å². The third-order valence-electron chi connectivity index (χ3n) is 3.54. The fraction of sp³-hybridized carbons (Fsp3) is 0.263. The standard InChI is InChI=1S/C19H20N2O4/c1-21(11-12-24-17-9-7-16(23-2)8-10-17)19(22)14-25-18-6-4-3-5-15(18)13-20/h3-10H,11-12,14H2,1-2H3. The van der Waals surface area contributed by atoms with Gasteiger partial charge in [-0.15, -0.1) is 0 Å². The molecule has 6 nitrogen and oxygen atoms in total. The summed E-state index contributed by atoms with van der Waals surface area (Å²) in [5, 5.41) is 9.00. The molecule has 25 heavy (non-hydrogen) atoms. The van der Waals surface area contributed by atoms with Gasteiger partial charge in [-0.05, 0) is 36.4 Å². The highest BCUT2D eigenvalue weighted by Crippen LogP contribution is 2.17. The van der Waals surface area contributed by atoms with E-state index in [0.29, 0.717) is 30.2 Å². The number of methoxy groups -OCH3 is 1. The van der Waals surface area contributed by atoms with Crippen molar-refractivity contribution in [3.05, 3.63) is 54.1 Å². The first-order valence-corrected chi connectivity index (χ1v) is 7.77. The second-order valence-electron chi connectivity index (χ2n) is 5.24. The zero-order valence-electron chi connectivity index (χ0n) is 14.3. The van der Waals surface area contributed by atoms with Gasteiger partial charge in [-0.2, -0.15) is 5.26 Å². The molecule has 0 saturated carbocycles. The highest BCUT2D eigenvalue weighted by atomic mass is 16.5. The van der Waals surface area contributed by atoms with Crippen molar-refractivity contribution in [3.63, 3.8) is 0 Å². The summed E-state index contributed by atoms with van der Waals surface area (Å²) in [6, 6.07) is 16.1. The molecule has 130 valence electrons. The lowest BCUT2D eigenvalue weighted by atomic mass is 10.2. The number of nitriles is 1. The van der Waals surface area contributed by atoms with Crippen LogP contribution in [0.25, 0.3) is 0 Å². The third kappa shape index (κ3) is 5.43. The highest BCUT2D eigenvalue weighted by Gasteiger charge is 2.11. The van der Waals surface area contributed by atoms with Crippen molar-refractivity contribution < 1.29 is 19.0 Å². The van der Waals surface area contributed by atoms with Crippen molar-refractivity contribution in [1.29, 1.82) is 5.26 Å². The van der Waals surface area contributed by atoms with Crippen LogP contribution in [-0.4, -0.2) is 44.7 Å². The van der Waals surface area contributed by atoms with Gasteiger partial charge in [0.15, 0.2) is 6.61 Å². The molecule has 1 amide bonds. The van der Waals surface area contributed by atoms with Crippen LogP contribution in [0.3, 0.4) is 0 Å². The number of carbonyl (C=O) groups is 1. The molecule has 0 aliphatic rings. The van der Waals surface area contributed by atoms with Gasteiger partial charge in [-0.1, -0.05) is 12.1 Å². The summed E-state index contributed by atoms with van der Waals surface area (Å²) in [6.07, 6.45) is 0. The summed E-state index contributed by atoms with van der Waals surface area (Å²) in [5.41, 5.74) is 0.404. The molecule has 0 N–H and O–H groups in total. The maximum atomic E-state index is 12.1. The smallest absolute Gasteiger partial charge is 0.260 e. The van der Waals surface area contributed by atoms with Crippen LogP contribution in [0, 0.1) is 11.3 Å². The number of para-hydroxylation sites is 1. The van der Waals surface area contributed by atoms with E-state index < -0.39 is 0 Å². The molecule has 0 aromatic heterocycles. The summed E-state index contributed by atoms with van der Waals surface area (Å²) in [4.78, 5) is 13.6. The SMILES string of the molecule is COc1ccc(OCCN(C)C(=O)COc2ccccc2C#N)cc1. The van der Waals surface area contributed by atoms with Gasteiger partial charge in [0.1, 0.15) is 29.9 Å². The molecule has 2 aromatic rings. The van der Waals surface area contributed by atoms with Gasteiger partial charge in [-0.3, -0.25) is 4.79 Å². The van der Waals surface area contributed by atoms with Crippen LogP contribution in [-0.2, 0) is 4.79 Å². The molecule has 0 unspecified atom stereocenters. The number of likely N-dealkylation sites (N-methyl/N-ethyl adjacent to an activating group) is 1. The molecule has 6 heteroatoms. The van der Waals surface area contributed by atoms with Crippen molar-refractivity contribution in [2.45, 2.75) is 0 Å². The van der Waals surface area contributed by atoms with E-state index in [0.717, 1.165) is 5.75 Å². The largest absolute Gasteiger partial charge is 0.497 e. The summed E-state index contributed by atoms with van der Waals surface area (Å²) >= 11 is 0. The third-order valence-corrected chi connectivity index (χ3v) is 3.54. The quantitative estimate of drug-likeness (QED) is 0.738. The van der Waals surface area contributed by atoms with Crippen molar-refractivity contribution in [2.75, 3.05) is 33.9 Å². The fourth-order valence-corrected chi connectivity index (χ4v) is 2.03. The first kappa shape index (κ1) is 18.1. The van der Waals surface area contributed by atoms with E-state index in [-0.39, 0.29) is 12.5 Å². The van der Waals surface area contributed by atoms with Crippen LogP contribution in [0.4, 0.5) is 0 Å². The fourth-order valence-electron chi connectivity index (χ4n) is 2.03. The van der Waals surface area contributed by atoms with Crippen molar-refractivity contribution in [3.8, 4) is 23.3 Å². The molecule has 0 atom stereocenters. The second-order valence-corrected chi connectivity index (χ2v) is 5.24. The number of hydrogen-bond donors (Lipinski definition) is 0. The van der Waals surface area contributed by atoms with Crippen molar-refractivity contribution in [2.24, 2.45) is 0 Å². The highest BCUT2D eigenvalue weighted by molar-refractivity contribution is 5.77. The molecule has 2 aromatic carbocycles. The molecule has 0 aliphatic heterocycles. The van der Waals surface area contributed by atoms with E-state index >= 15 is 0 Å². The Labute approximate surface area is 147 Å². The van der Waals surface area contributed by atoms with Gasteiger partial charge in [0.05, 0.1) is 19.2 Å². The van der Waals surface area contributed by atoms with Crippen LogP contribution < -0.4 is 14.2 Å². The zero-order valence-corrected chi connectivity index (χ0v) is 14.3. The molecular weight excluding hydrogens is 320 g/mol. The molecular formula is C19H20N2O4. The maximum absolute atomic E-state index is 12.1. The van der Waals surface area contributed by atoms with Crippen LogP contribution >= 0.6 is 0 Å². The van der Waals surface area contributed by atoms with Gasteiger partial charge >= 0.3 is 0 Å². The van der Waals surface area contributed by atoms with Crippen LogP contribution in [0.5, 0.6) is 17.2 Å². The summed E-state index contributed by atoms with van der Waals surface area (Å²) in [5.74, 6) is 1.68. The maximum Gasteiger partial charge on any atom is 0.260 e. The summed E-state index contributed by atoms with van der Waals surface area (Å²) in [6.45, 7) is 0.662. The minimum absolute atomic E-state index is 0.127. The normalized spacial score (nSPS) is 9.80. The predicted octanol–water partition coefficient (Wildman–Crippen LogP) is 2.48. The number of nitrogens with zero attached hydrogens (tertiary/aromatic N) is 2. The average Bonchev–Trinajstić information content (AvgIpc) is 2.66. The number of ether oxygens (including phenoxy) is 3. The number of carbonyl (C=O) groups excluding carboxylic acids is 1. The topological polar surface area (TPSA) is 71.8 Å². The predicted molar refractivity (Wildman–Crippen MR) is 92.8 cm³/mol. The molecule has 2 rings (SSSR count). The van der Waals surface area contributed by atoms with Gasteiger partial charge < -0.3 is 19.1 Å². The average molecular weight is 340 g/mol. The Hall–Kier alpha value is -3.20. The Morgan fingerprint density at radius 3 is 2.44 bits per heavy atom. The Balaban J connectivity index is 1.75. The summed E-state index contributed by atoms with van der Waals surface area (Å²) < 4.78 is 16.1. The van der Waals surface area contributed by atoms with E-state index in [1.165, 1.54) is 4.90 Å². The van der Waals surface area contributed by atoms with Crippen molar-refractivity contribution in [1.82, 2.24) is 4.90 Å². The lowest BCUT2D eigenvalue weighted by Crippen LogP contribution is -2.34. The van der Waals surface area contributed by atoms with E-state index in [2.05, 4.69) is 0 Å². The Kier molecular flexibility index (Phi) is 6.66. The van der Waals surface area contributed by atoms with Gasteiger partial charge in [0.25, 0.3) is 5.91 Å². The number of benzene rings is 2. The monoisotopic (exact) mass is 340 g/mol. The molecule has 0 fully saturated rings. The molecule has 0 bridgehead atoms. The lowest BCUT2D eigenvalue weighted by molar-refractivity contribution is -0.132. The molecule has 0 radical (unpaired) electrons. The molecule has 0 saturated heterocycles. The number of hydrogen-bond acceptors (Lipinski definition) is 5. The lowest BCUT2D eigenvalue weighted by Gasteiger charge is -2.18. The van der Waals surface area contributed by atoms with Gasteiger partial charge in [0.2, 0.25) is 0 Å². The Morgan fingerprint density at radius 1 is 1.08 bits per heavy atom. The van der Waals surface area contributed by atoms with Crippen LogP contribution in [0.15, 0.2) is 48.5 Å². The van der Waals surface area contributed by atoms with Crippen molar-refractivity contribution >= 4 is 5.91 Å². The minimum atomic E-state index is -0.189. The Morgan fingerprint density at radius 2 is 1.76 bits per heavy atom. The second kappa shape index (κ2) is 9.18. The number of amides is 1.